The molecule has 2 aromatic rings. The number of carboxylic acids is 1. The summed E-state index contributed by atoms with van der Waals surface area (Å²) in [7, 11) is 0. The molecule has 0 spiro atoms. The summed E-state index contributed by atoms with van der Waals surface area (Å²) in [6.07, 6.45) is -0.0519. The van der Waals surface area contributed by atoms with Crippen LogP contribution in [0.15, 0.2) is 53.4 Å². The van der Waals surface area contributed by atoms with Crippen molar-refractivity contribution in [2.75, 3.05) is 0 Å². The molecule has 0 amide bonds. The Hall–Kier alpha value is -1.78. The number of aliphatic carboxylic acids is 1. The van der Waals surface area contributed by atoms with Crippen molar-refractivity contribution in [1.82, 2.24) is 0 Å². The number of Topliss-reactive ketones (excluding diaryl/α,β-unsaturated/α-hetero) is 1. The molecule has 5 heteroatoms. The first-order valence-electron chi connectivity index (χ1n) is 7.65. The minimum absolute atomic E-state index is 0.0519. The lowest BCUT2D eigenvalue weighted by atomic mass is 9.99. The molecule has 0 heterocycles. The van der Waals surface area contributed by atoms with E-state index in [0.29, 0.717) is 16.5 Å². The van der Waals surface area contributed by atoms with Crippen LogP contribution in [0.2, 0.25) is 5.02 Å². The zero-order valence-electron chi connectivity index (χ0n) is 13.5. The maximum Gasteiger partial charge on any atom is 0.317 e. The molecular weight excluding hydrogens is 344 g/mol. The molecule has 24 heavy (non-hydrogen) atoms. The summed E-state index contributed by atoms with van der Waals surface area (Å²) >= 11 is 6.99. The summed E-state index contributed by atoms with van der Waals surface area (Å²) in [6.45, 7) is 4.17. The van der Waals surface area contributed by atoms with Crippen LogP contribution < -0.4 is 0 Å². The number of thioether (sulfide) groups is 1. The molecule has 2 aromatic carbocycles. The van der Waals surface area contributed by atoms with Gasteiger partial charge in [-0.25, -0.2) is 0 Å². The van der Waals surface area contributed by atoms with E-state index in [0.717, 1.165) is 22.2 Å². The van der Waals surface area contributed by atoms with Gasteiger partial charge in [-0.15, -0.1) is 11.8 Å². The fraction of sp³-hybridized carbons (Fsp3) is 0.263. The first-order valence-corrected chi connectivity index (χ1v) is 8.90. The Balaban J connectivity index is 2.07. The van der Waals surface area contributed by atoms with Gasteiger partial charge in [-0.1, -0.05) is 49.7 Å². The highest BCUT2D eigenvalue weighted by molar-refractivity contribution is 8.00. The van der Waals surface area contributed by atoms with Crippen molar-refractivity contribution >= 4 is 35.1 Å². The molecule has 1 unspecified atom stereocenters. The van der Waals surface area contributed by atoms with E-state index in [1.165, 1.54) is 0 Å². The molecule has 0 aromatic heterocycles. The number of carboxylic acid groups (broad SMARTS) is 1. The van der Waals surface area contributed by atoms with E-state index in [9.17, 15) is 14.7 Å². The van der Waals surface area contributed by atoms with E-state index in [-0.39, 0.29) is 12.2 Å². The normalized spacial score (nSPS) is 12.2. The number of rotatable bonds is 7. The van der Waals surface area contributed by atoms with Gasteiger partial charge in [0.2, 0.25) is 0 Å². The fourth-order valence-electron chi connectivity index (χ4n) is 2.20. The molecule has 2 rings (SSSR count). The third-order valence-corrected chi connectivity index (χ3v) is 5.09. The zero-order chi connectivity index (χ0) is 17.7. The Kier molecular flexibility index (Phi) is 6.46. The van der Waals surface area contributed by atoms with Gasteiger partial charge >= 0.3 is 5.97 Å². The van der Waals surface area contributed by atoms with Gasteiger partial charge < -0.3 is 5.11 Å². The Morgan fingerprint density at radius 1 is 1.04 bits per heavy atom. The van der Waals surface area contributed by atoms with Gasteiger partial charge in [-0.2, -0.15) is 0 Å². The van der Waals surface area contributed by atoms with Crippen molar-refractivity contribution in [1.29, 1.82) is 0 Å². The summed E-state index contributed by atoms with van der Waals surface area (Å²) in [5.41, 5.74) is 1.69. The van der Waals surface area contributed by atoms with Crippen LogP contribution in [-0.2, 0) is 4.79 Å². The Morgan fingerprint density at radius 2 is 1.62 bits per heavy atom. The van der Waals surface area contributed by atoms with Crippen LogP contribution in [-0.4, -0.2) is 22.1 Å². The summed E-state index contributed by atoms with van der Waals surface area (Å²) in [5.74, 6) is -0.775. The van der Waals surface area contributed by atoms with E-state index in [4.69, 9.17) is 11.6 Å². The second-order valence-electron chi connectivity index (χ2n) is 5.80. The molecule has 0 saturated heterocycles. The molecule has 0 radical (unpaired) electrons. The van der Waals surface area contributed by atoms with Crippen LogP contribution in [0.4, 0.5) is 0 Å². The van der Waals surface area contributed by atoms with Crippen molar-refractivity contribution < 1.29 is 14.7 Å². The average Bonchev–Trinajstić information content (AvgIpc) is 2.56. The van der Waals surface area contributed by atoms with Gasteiger partial charge in [0.15, 0.2) is 5.78 Å². The van der Waals surface area contributed by atoms with Gasteiger partial charge in [0.05, 0.1) is 0 Å². The SMILES string of the molecule is CC(C)c1ccc(C(=O)CC(Sc2ccc(Cl)cc2)C(=O)O)cc1. The van der Waals surface area contributed by atoms with Crippen molar-refractivity contribution in [3.63, 3.8) is 0 Å². The molecule has 0 aliphatic carbocycles. The van der Waals surface area contributed by atoms with Crippen LogP contribution in [0.3, 0.4) is 0 Å². The van der Waals surface area contributed by atoms with Crippen LogP contribution in [0.5, 0.6) is 0 Å². The van der Waals surface area contributed by atoms with Crippen LogP contribution in [0.25, 0.3) is 0 Å². The third-order valence-electron chi connectivity index (χ3n) is 3.64. The lowest BCUT2D eigenvalue weighted by Gasteiger charge is -2.12. The Morgan fingerprint density at radius 3 is 2.12 bits per heavy atom. The molecule has 0 aliphatic heterocycles. The lowest BCUT2D eigenvalue weighted by Crippen LogP contribution is -2.20. The van der Waals surface area contributed by atoms with E-state index >= 15 is 0 Å². The number of hydrogen-bond acceptors (Lipinski definition) is 3. The maximum absolute atomic E-state index is 12.4. The van der Waals surface area contributed by atoms with Gasteiger partial charge in [-0.05, 0) is 35.7 Å². The van der Waals surface area contributed by atoms with E-state index in [1.807, 2.05) is 12.1 Å². The topological polar surface area (TPSA) is 54.4 Å². The van der Waals surface area contributed by atoms with Crippen molar-refractivity contribution in [3.05, 3.63) is 64.7 Å². The summed E-state index contributed by atoms with van der Waals surface area (Å²) in [4.78, 5) is 24.6. The largest absolute Gasteiger partial charge is 0.480 e. The van der Waals surface area contributed by atoms with Gasteiger partial charge in [0.1, 0.15) is 5.25 Å². The van der Waals surface area contributed by atoms with E-state index < -0.39 is 11.2 Å². The molecule has 1 atom stereocenters. The number of carbonyl (C=O) groups excluding carboxylic acids is 1. The molecular formula is C19H19ClO3S. The Labute approximate surface area is 151 Å². The molecule has 126 valence electrons. The van der Waals surface area contributed by atoms with Gasteiger partial charge in [0.25, 0.3) is 0 Å². The highest BCUT2D eigenvalue weighted by Gasteiger charge is 2.23. The predicted molar refractivity (Wildman–Crippen MR) is 98.2 cm³/mol. The van der Waals surface area contributed by atoms with Gasteiger partial charge in [0, 0.05) is 21.9 Å². The quantitative estimate of drug-likeness (QED) is 0.537. The monoisotopic (exact) mass is 362 g/mol. The molecule has 1 N–H and O–H groups in total. The Bertz CT molecular complexity index is 708. The number of ketones is 1. The standard InChI is InChI=1S/C19H19ClO3S/c1-12(2)13-3-5-14(6-4-13)17(21)11-18(19(22)23)24-16-9-7-15(20)8-10-16/h3-10,12,18H,11H2,1-2H3,(H,22,23). The van der Waals surface area contributed by atoms with Crippen molar-refractivity contribution in [2.24, 2.45) is 0 Å². The number of halogens is 1. The van der Waals surface area contributed by atoms with Gasteiger partial charge in [-0.3, -0.25) is 9.59 Å². The van der Waals surface area contributed by atoms with Crippen molar-refractivity contribution in [2.45, 2.75) is 36.3 Å². The second-order valence-corrected chi connectivity index (χ2v) is 7.52. The van der Waals surface area contributed by atoms with Crippen LogP contribution in [0, 0.1) is 0 Å². The first kappa shape index (κ1) is 18.6. The number of carbonyl (C=O) groups is 2. The number of benzene rings is 2. The molecule has 0 fully saturated rings. The lowest BCUT2D eigenvalue weighted by molar-refractivity contribution is -0.136. The van der Waals surface area contributed by atoms with Crippen LogP contribution >= 0.6 is 23.4 Å². The smallest absolute Gasteiger partial charge is 0.317 e. The molecule has 3 nitrogen and oxygen atoms in total. The average molecular weight is 363 g/mol. The van der Waals surface area contributed by atoms with Crippen LogP contribution in [0.1, 0.15) is 42.1 Å². The molecule has 0 saturated carbocycles. The van der Waals surface area contributed by atoms with Crippen molar-refractivity contribution in [3.8, 4) is 0 Å². The summed E-state index contributed by atoms with van der Waals surface area (Å²) < 4.78 is 0. The molecule has 0 bridgehead atoms. The highest BCUT2D eigenvalue weighted by atomic mass is 35.5. The summed E-state index contributed by atoms with van der Waals surface area (Å²) in [5, 5.41) is 9.16. The van der Waals surface area contributed by atoms with E-state index in [2.05, 4.69) is 13.8 Å². The predicted octanol–water partition coefficient (Wildman–Crippen LogP) is 5.28. The zero-order valence-corrected chi connectivity index (χ0v) is 15.1. The number of hydrogen-bond donors (Lipinski definition) is 1. The maximum atomic E-state index is 12.4. The first-order chi connectivity index (χ1) is 11.4. The minimum atomic E-state index is -0.998. The highest BCUT2D eigenvalue weighted by Crippen LogP contribution is 2.28. The second kappa shape index (κ2) is 8.36. The van der Waals surface area contributed by atoms with E-state index in [1.54, 1.807) is 36.4 Å². The summed E-state index contributed by atoms with van der Waals surface area (Å²) in [6, 6.07) is 14.3. The minimum Gasteiger partial charge on any atom is -0.480 e. The fourth-order valence-corrected chi connectivity index (χ4v) is 3.28. The third kappa shape index (κ3) is 5.11. The molecule has 0 aliphatic rings.